The van der Waals surface area contributed by atoms with E-state index in [9.17, 15) is 0 Å². The van der Waals surface area contributed by atoms with Crippen molar-refractivity contribution in [2.75, 3.05) is 0 Å². The summed E-state index contributed by atoms with van der Waals surface area (Å²) in [4.78, 5) is 4.28. The second kappa shape index (κ2) is 3.33. The lowest BCUT2D eigenvalue weighted by molar-refractivity contribution is 0.663. The summed E-state index contributed by atoms with van der Waals surface area (Å²) >= 11 is 0. The molecular weight excluding hydrogens is 208 g/mol. The fourth-order valence-corrected chi connectivity index (χ4v) is 2.65. The maximum absolute atomic E-state index is 4.28. The average molecular weight is 222 g/mol. The highest BCUT2D eigenvalue weighted by Crippen LogP contribution is 2.35. The van der Waals surface area contributed by atoms with Gasteiger partial charge in [0.25, 0.3) is 0 Å². The number of rotatable bonds is 2. The third kappa shape index (κ3) is 1.37. The predicted molar refractivity (Wildman–Crippen MR) is 70.0 cm³/mol. The zero-order chi connectivity index (χ0) is 11.2. The number of benzene rings is 1. The van der Waals surface area contributed by atoms with Crippen LogP contribution in [0.2, 0.25) is 0 Å². The zero-order valence-electron chi connectivity index (χ0n) is 9.63. The summed E-state index contributed by atoms with van der Waals surface area (Å²) in [6, 6.07) is 10.8. The minimum atomic E-state index is 0.884. The van der Waals surface area contributed by atoms with Crippen molar-refractivity contribution in [3.8, 4) is 0 Å². The Labute approximate surface area is 99.9 Å². The van der Waals surface area contributed by atoms with Gasteiger partial charge < -0.3 is 4.57 Å². The number of nitrogens with zero attached hydrogens (tertiary/aromatic N) is 2. The minimum Gasteiger partial charge on any atom is -0.339 e. The van der Waals surface area contributed by atoms with E-state index in [2.05, 4.69) is 39.9 Å². The van der Waals surface area contributed by atoms with Crippen LogP contribution >= 0.6 is 0 Å². The number of para-hydroxylation sites is 1. The predicted octanol–water partition coefficient (Wildman–Crippen LogP) is 3.60. The molecule has 4 rings (SSSR count). The molecule has 0 amide bonds. The summed E-state index contributed by atoms with van der Waals surface area (Å²) in [5, 5.41) is 2.68. The quantitative estimate of drug-likeness (QED) is 0.647. The summed E-state index contributed by atoms with van der Waals surface area (Å²) in [5.41, 5.74) is 2.63. The molecule has 2 heterocycles. The summed E-state index contributed by atoms with van der Waals surface area (Å²) in [6.45, 7) is 1.15. The van der Waals surface area contributed by atoms with Gasteiger partial charge in [0, 0.05) is 29.0 Å². The molecule has 17 heavy (non-hydrogen) atoms. The van der Waals surface area contributed by atoms with E-state index in [1.54, 1.807) is 0 Å². The number of hydrogen-bond acceptors (Lipinski definition) is 1. The fraction of sp³-hybridized carbons (Fsp3) is 0.267. The largest absolute Gasteiger partial charge is 0.339 e. The van der Waals surface area contributed by atoms with Crippen molar-refractivity contribution < 1.29 is 0 Å². The first kappa shape index (κ1) is 9.23. The Morgan fingerprint density at radius 1 is 1.06 bits per heavy atom. The Morgan fingerprint density at radius 2 is 1.88 bits per heavy atom. The van der Waals surface area contributed by atoms with Crippen LogP contribution in [0.3, 0.4) is 0 Å². The van der Waals surface area contributed by atoms with Crippen molar-refractivity contribution >= 4 is 21.8 Å². The van der Waals surface area contributed by atoms with Gasteiger partial charge >= 0.3 is 0 Å². The Morgan fingerprint density at radius 3 is 2.76 bits per heavy atom. The maximum Gasteiger partial charge on any atom is 0.0677 e. The number of hydrogen-bond donors (Lipinski definition) is 0. The number of aromatic nitrogens is 2. The first-order valence-corrected chi connectivity index (χ1v) is 6.24. The van der Waals surface area contributed by atoms with Gasteiger partial charge in [-0.2, -0.15) is 0 Å². The first-order valence-electron chi connectivity index (χ1n) is 6.24. The molecule has 1 aromatic carbocycles. The van der Waals surface area contributed by atoms with Crippen molar-refractivity contribution in [2.45, 2.75) is 19.4 Å². The summed E-state index contributed by atoms with van der Waals surface area (Å²) in [6.07, 6.45) is 6.65. The Hall–Kier alpha value is -1.83. The molecule has 1 fully saturated rings. The van der Waals surface area contributed by atoms with Crippen molar-refractivity contribution in [1.82, 2.24) is 9.55 Å². The molecule has 1 aliphatic rings. The molecule has 0 atom stereocenters. The zero-order valence-corrected chi connectivity index (χ0v) is 9.63. The van der Waals surface area contributed by atoms with Crippen molar-refractivity contribution in [1.29, 1.82) is 0 Å². The van der Waals surface area contributed by atoms with Gasteiger partial charge in [0.1, 0.15) is 0 Å². The van der Waals surface area contributed by atoms with Gasteiger partial charge in [-0.15, -0.1) is 0 Å². The molecule has 0 aliphatic heterocycles. The van der Waals surface area contributed by atoms with Crippen LogP contribution < -0.4 is 0 Å². The molecular formula is C15H14N2. The second-order valence-corrected chi connectivity index (χ2v) is 4.96. The van der Waals surface area contributed by atoms with Gasteiger partial charge in [-0.1, -0.05) is 18.2 Å². The number of pyridine rings is 1. The van der Waals surface area contributed by atoms with Gasteiger partial charge in [0.2, 0.25) is 0 Å². The molecule has 2 heteroatoms. The van der Waals surface area contributed by atoms with Gasteiger partial charge in [-0.25, -0.2) is 0 Å². The van der Waals surface area contributed by atoms with Gasteiger partial charge in [-0.05, 0) is 30.9 Å². The molecule has 0 spiro atoms. The van der Waals surface area contributed by atoms with Gasteiger partial charge in [0.15, 0.2) is 0 Å². The van der Waals surface area contributed by atoms with Crippen LogP contribution in [-0.2, 0) is 6.54 Å². The molecule has 0 bridgehead atoms. The molecule has 3 aromatic rings. The standard InChI is InChI=1S/C15H14N2/c1-2-4-14-12(3-1)13-7-8-16-9-15(13)17(14)10-11-5-6-11/h1-4,7-9,11H,5-6,10H2. The molecule has 0 unspecified atom stereocenters. The van der Waals surface area contributed by atoms with Crippen LogP contribution in [0.15, 0.2) is 42.7 Å². The lowest BCUT2D eigenvalue weighted by Gasteiger charge is -2.05. The molecule has 84 valence electrons. The van der Waals surface area contributed by atoms with Crippen LogP contribution in [0.4, 0.5) is 0 Å². The van der Waals surface area contributed by atoms with Crippen molar-refractivity contribution in [2.24, 2.45) is 5.92 Å². The van der Waals surface area contributed by atoms with E-state index < -0.39 is 0 Å². The molecule has 1 aliphatic carbocycles. The third-order valence-electron chi connectivity index (χ3n) is 3.71. The SMILES string of the molecule is c1ccc2c(c1)c1ccncc1n2CC1CC1. The van der Waals surface area contributed by atoms with Crippen molar-refractivity contribution in [3.63, 3.8) is 0 Å². The number of fused-ring (bicyclic) bond motifs is 3. The highest BCUT2D eigenvalue weighted by molar-refractivity contribution is 6.07. The van der Waals surface area contributed by atoms with E-state index in [4.69, 9.17) is 0 Å². The fourth-order valence-electron chi connectivity index (χ4n) is 2.65. The van der Waals surface area contributed by atoms with Crippen LogP contribution in [0.25, 0.3) is 21.8 Å². The van der Waals surface area contributed by atoms with E-state index in [0.717, 1.165) is 12.5 Å². The molecule has 0 saturated heterocycles. The third-order valence-corrected chi connectivity index (χ3v) is 3.71. The monoisotopic (exact) mass is 222 g/mol. The minimum absolute atomic E-state index is 0.884. The summed E-state index contributed by atoms with van der Waals surface area (Å²) < 4.78 is 2.44. The molecule has 0 radical (unpaired) electrons. The molecule has 0 N–H and O–H groups in total. The van der Waals surface area contributed by atoms with Crippen LogP contribution in [-0.4, -0.2) is 9.55 Å². The smallest absolute Gasteiger partial charge is 0.0677 e. The summed E-state index contributed by atoms with van der Waals surface area (Å²) in [7, 11) is 0. The topological polar surface area (TPSA) is 17.8 Å². The van der Waals surface area contributed by atoms with Crippen LogP contribution in [0.5, 0.6) is 0 Å². The second-order valence-electron chi connectivity index (χ2n) is 4.96. The van der Waals surface area contributed by atoms with E-state index >= 15 is 0 Å². The van der Waals surface area contributed by atoms with Crippen LogP contribution in [0.1, 0.15) is 12.8 Å². The van der Waals surface area contributed by atoms with E-state index in [1.807, 2.05) is 12.4 Å². The van der Waals surface area contributed by atoms with Gasteiger partial charge in [0.05, 0.1) is 11.7 Å². The maximum atomic E-state index is 4.28. The van der Waals surface area contributed by atoms with Crippen molar-refractivity contribution in [3.05, 3.63) is 42.7 Å². The highest BCUT2D eigenvalue weighted by Gasteiger charge is 2.23. The lowest BCUT2D eigenvalue weighted by atomic mass is 10.2. The van der Waals surface area contributed by atoms with Crippen LogP contribution in [0, 0.1) is 5.92 Å². The van der Waals surface area contributed by atoms with E-state index in [1.165, 1.54) is 34.6 Å². The molecule has 2 nitrogen and oxygen atoms in total. The van der Waals surface area contributed by atoms with E-state index in [0.29, 0.717) is 0 Å². The summed E-state index contributed by atoms with van der Waals surface area (Å²) in [5.74, 6) is 0.884. The van der Waals surface area contributed by atoms with Gasteiger partial charge in [-0.3, -0.25) is 4.98 Å². The Balaban J connectivity index is 2.10. The lowest BCUT2D eigenvalue weighted by Crippen LogP contribution is -1.98. The highest BCUT2D eigenvalue weighted by atomic mass is 15.0. The molecule has 2 aromatic heterocycles. The Kier molecular flexibility index (Phi) is 1.81. The molecule has 1 saturated carbocycles. The average Bonchev–Trinajstić information content (AvgIpc) is 3.15. The Bertz CT molecular complexity index is 639. The normalized spacial score (nSPS) is 15.8. The first-order chi connectivity index (χ1) is 8.43. The van der Waals surface area contributed by atoms with E-state index in [-0.39, 0.29) is 0 Å².